The molecule has 4 N–H and O–H groups in total. The number of ketones is 2. The molecule has 0 aromatic carbocycles. The molecule has 2 atom stereocenters. The second-order valence-electron chi connectivity index (χ2n) is 8.63. The molecule has 0 unspecified atom stereocenters. The minimum absolute atomic E-state index is 0.0997. The van der Waals surface area contributed by atoms with Crippen LogP contribution in [-0.2, 0) is 9.59 Å². The van der Waals surface area contributed by atoms with Gasteiger partial charge < -0.3 is 10.2 Å². The Bertz CT molecular complexity index is 1180. The fraction of sp³-hybridized carbons (Fsp3) is 0.524. The highest BCUT2D eigenvalue weighted by Crippen LogP contribution is 2.37. The zero-order chi connectivity index (χ0) is 25.3. The Morgan fingerprint density at radius 3 is 1.43 bits per heavy atom. The summed E-state index contributed by atoms with van der Waals surface area (Å²) in [5.74, 6) is -2.22. The molecule has 0 bridgehead atoms. The van der Waals surface area contributed by atoms with Crippen LogP contribution in [-0.4, -0.2) is 52.8 Å². The van der Waals surface area contributed by atoms with Crippen molar-refractivity contribution >= 4 is 35.4 Å². The molecule has 0 saturated heterocycles. The summed E-state index contributed by atoms with van der Waals surface area (Å²) in [5, 5.41) is 50.7. The molecule has 0 fully saturated rings. The van der Waals surface area contributed by atoms with Gasteiger partial charge in [0, 0.05) is 0 Å². The van der Waals surface area contributed by atoms with Crippen LogP contribution in [0.3, 0.4) is 0 Å². The number of unbranched alkanes of at least 4 members (excludes halogenated alkanes) is 4. The normalized spacial score (nSPS) is 15.5. The van der Waals surface area contributed by atoms with Gasteiger partial charge in [-0.3, -0.25) is 20.4 Å². The molecule has 14 nitrogen and oxygen atoms in total. The maximum absolute atomic E-state index is 12.2. The molecule has 0 spiro atoms. The zero-order valence-electron chi connectivity index (χ0n) is 19.4. The third kappa shape index (κ3) is 4.50. The predicted molar refractivity (Wildman–Crippen MR) is 122 cm³/mol. The highest BCUT2D eigenvalue weighted by atomic mass is 16.3. The van der Waals surface area contributed by atoms with Gasteiger partial charge in [-0.15, -0.1) is 20.5 Å². The van der Waals surface area contributed by atoms with Crippen molar-refractivity contribution in [3.05, 3.63) is 11.4 Å². The predicted octanol–water partition coefficient (Wildman–Crippen LogP) is 4.03. The summed E-state index contributed by atoms with van der Waals surface area (Å²) in [6.45, 7) is 2.90. The van der Waals surface area contributed by atoms with Crippen molar-refractivity contribution in [1.82, 2.24) is 19.1 Å². The van der Waals surface area contributed by atoms with Crippen molar-refractivity contribution in [2.75, 3.05) is 0 Å². The second-order valence-corrected chi connectivity index (χ2v) is 8.63. The fourth-order valence-corrected chi connectivity index (χ4v) is 4.39. The van der Waals surface area contributed by atoms with E-state index in [4.69, 9.17) is 10.8 Å². The van der Waals surface area contributed by atoms with E-state index >= 15 is 0 Å². The average molecular weight is 483 g/mol. The summed E-state index contributed by atoms with van der Waals surface area (Å²) in [7, 11) is 0. The highest BCUT2D eigenvalue weighted by molar-refractivity contribution is 5.89. The first-order chi connectivity index (χ1) is 16.7. The summed E-state index contributed by atoms with van der Waals surface area (Å²) in [4.78, 5) is 32.8. The number of imidazole rings is 2. The van der Waals surface area contributed by atoms with Gasteiger partial charge >= 0.3 is 0 Å². The third-order valence-electron chi connectivity index (χ3n) is 6.24. The van der Waals surface area contributed by atoms with Crippen molar-refractivity contribution in [2.24, 2.45) is 20.5 Å². The van der Waals surface area contributed by atoms with E-state index in [2.05, 4.69) is 30.4 Å². The molecule has 0 aliphatic carbocycles. The lowest BCUT2D eigenvalue weighted by Crippen LogP contribution is -2.11. The van der Waals surface area contributed by atoms with Gasteiger partial charge in [0.2, 0.25) is 11.8 Å². The van der Waals surface area contributed by atoms with Crippen molar-refractivity contribution < 1.29 is 19.8 Å². The van der Waals surface area contributed by atoms with Crippen LogP contribution in [0.1, 0.15) is 82.0 Å². The number of azo groups is 2. The zero-order valence-corrected chi connectivity index (χ0v) is 19.4. The van der Waals surface area contributed by atoms with Crippen molar-refractivity contribution in [1.29, 1.82) is 10.8 Å². The summed E-state index contributed by atoms with van der Waals surface area (Å²) >= 11 is 0. The van der Waals surface area contributed by atoms with E-state index in [1.54, 1.807) is 0 Å². The Hall–Kier alpha value is -4.10. The number of aromatic nitrogens is 4. The SMILES string of the molecule is CC(=O)[C@@H](CCCCCCC[C@@H](C(C)=O)c1nc2n(c1O)C(=N)N=N2)c1nc2n(c1O)C(=N)N=N2. The van der Waals surface area contributed by atoms with Crippen LogP contribution >= 0.6 is 0 Å². The molecular formula is C21H26N10O4. The Balaban J connectivity index is 1.26. The summed E-state index contributed by atoms with van der Waals surface area (Å²) in [6, 6.07) is 0. The quantitative estimate of drug-likeness (QED) is 0.328. The van der Waals surface area contributed by atoms with Gasteiger partial charge in [-0.1, -0.05) is 32.1 Å². The van der Waals surface area contributed by atoms with Crippen molar-refractivity contribution in [3.8, 4) is 11.8 Å². The number of nitrogens with zero attached hydrogens (tertiary/aromatic N) is 8. The Kier molecular flexibility index (Phi) is 6.62. The van der Waals surface area contributed by atoms with Crippen LogP contribution in [0.15, 0.2) is 20.5 Å². The molecule has 0 radical (unpaired) electrons. The molecule has 4 heterocycles. The first-order valence-corrected chi connectivity index (χ1v) is 11.4. The Morgan fingerprint density at radius 2 is 1.09 bits per heavy atom. The van der Waals surface area contributed by atoms with Gasteiger partial charge in [0.1, 0.15) is 23.0 Å². The first-order valence-electron chi connectivity index (χ1n) is 11.4. The second kappa shape index (κ2) is 9.64. The number of carbonyl (C=O) groups is 2. The highest BCUT2D eigenvalue weighted by Gasteiger charge is 2.31. The van der Waals surface area contributed by atoms with Crippen LogP contribution in [0.4, 0.5) is 11.9 Å². The molecule has 35 heavy (non-hydrogen) atoms. The van der Waals surface area contributed by atoms with Crippen molar-refractivity contribution in [2.45, 2.75) is 70.6 Å². The molecule has 14 heteroatoms. The molecule has 184 valence electrons. The minimum Gasteiger partial charge on any atom is -0.493 e. The summed E-state index contributed by atoms with van der Waals surface area (Å²) in [6.07, 6.45) is 5.07. The maximum atomic E-state index is 12.2. The number of rotatable bonds is 12. The largest absolute Gasteiger partial charge is 0.493 e. The number of hydrogen-bond donors (Lipinski definition) is 4. The van der Waals surface area contributed by atoms with Crippen LogP contribution in [0.2, 0.25) is 0 Å². The van der Waals surface area contributed by atoms with Crippen LogP contribution in [0.5, 0.6) is 11.8 Å². The van der Waals surface area contributed by atoms with E-state index in [1.165, 1.54) is 13.8 Å². The smallest absolute Gasteiger partial charge is 0.259 e. The van der Waals surface area contributed by atoms with Gasteiger partial charge in [-0.25, -0.2) is 19.1 Å². The number of nitrogens with one attached hydrogen (secondary N) is 2. The molecule has 2 aromatic heterocycles. The van der Waals surface area contributed by atoms with Gasteiger partial charge in [0.05, 0.1) is 11.8 Å². The number of Topliss-reactive ketones (excluding diaryl/α,β-unsaturated/α-hetero) is 2. The fourth-order valence-electron chi connectivity index (χ4n) is 4.39. The van der Waals surface area contributed by atoms with E-state index in [1.807, 2.05) is 0 Å². The number of fused-ring (bicyclic) bond motifs is 2. The van der Waals surface area contributed by atoms with Gasteiger partial charge in [0.15, 0.2) is 0 Å². The standard InChI is InChI=1S/C21H26N10O4/c1-10(32)12(14-16(34)30-18(22)26-28-20(30)24-14)8-6-4-3-5-7-9-13(11(2)33)15-17(35)31-19(23)27-29-21(31)25-15/h12-13,22-23,34-35H,3-9H2,1-2H3/t12-,13+. The number of carbonyl (C=O) groups excluding carboxylic acids is 2. The molecule has 0 saturated carbocycles. The van der Waals surface area contributed by atoms with E-state index in [9.17, 15) is 19.8 Å². The van der Waals surface area contributed by atoms with Gasteiger partial charge in [-0.2, -0.15) is 0 Å². The van der Waals surface area contributed by atoms with E-state index < -0.39 is 11.8 Å². The molecule has 2 aromatic rings. The lowest BCUT2D eigenvalue weighted by molar-refractivity contribution is -0.119. The van der Waals surface area contributed by atoms with Gasteiger partial charge in [-0.05, 0) is 26.7 Å². The third-order valence-corrected chi connectivity index (χ3v) is 6.24. The Morgan fingerprint density at radius 1 is 0.714 bits per heavy atom. The summed E-state index contributed by atoms with van der Waals surface area (Å²) < 4.78 is 2.21. The van der Waals surface area contributed by atoms with Crippen molar-refractivity contribution in [3.63, 3.8) is 0 Å². The molecule has 0 amide bonds. The lowest BCUT2D eigenvalue weighted by Gasteiger charge is -2.13. The molecule has 2 aliphatic heterocycles. The van der Waals surface area contributed by atoms with Crippen LogP contribution < -0.4 is 0 Å². The molecule has 4 rings (SSSR count). The average Bonchev–Trinajstić information content (AvgIpc) is 3.52. The summed E-state index contributed by atoms with van der Waals surface area (Å²) in [5.41, 5.74) is 0.444. The minimum atomic E-state index is -0.583. The maximum Gasteiger partial charge on any atom is 0.259 e. The number of aromatic hydroxyl groups is 2. The first kappa shape index (κ1) is 24.0. The topological polar surface area (TPSA) is 207 Å². The molecule has 2 aliphatic rings. The van der Waals surface area contributed by atoms with E-state index in [0.717, 1.165) is 41.2 Å². The number of hydrogen-bond acceptors (Lipinski definition) is 10. The van der Waals surface area contributed by atoms with Crippen LogP contribution in [0, 0.1) is 10.8 Å². The lowest BCUT2D eigenvalue weighted by atomic mass is 9.92. The van der Waals surface area contributed by atoms with E-state index in [0.29, 0.717) is 12.8 Å². The molecular weight excluding hydrogens is 456 g/mol. The Labute approximate surface area is 199 Å². The van der Waals surface area contributed by atoms with Crippen LogP contribution in [0.25, 0.3) is 0 Å². The van der Waals surface area contributed by atoms with E-state index in [-0.39, 0.29) is 58.5 Å². The monoisotopic (exact) mass is 482 g/mol. The van der Waals surface area contributed by atoms with Gasteiger partial charge in [0.25, 0.3) is 23.8 Å².